The largest absolute Gasteiger partial charge is 0.463 e. The van der Waals surface area contributed by atoms with E-state index in [9.17, 15) is 0 Å². The Morgan fingerprint density at radius 2 is 1.72 bits per heavy atom. The molecule has 0 amide bonds. The molecule has 0 saturated heterocycles. The molecular weight excluding hydrogens is 332 g/mol. The first-order valence-electron chi connectivity index (χ1n) is 7.81. The summed E-state index contributed by atoms with van der Waals surface area (Å²) in [6, 6.07) is 21.5. The van der Waals surface area contributed by atoms with Crippen molar-refractivity contribution in [2.75, 3.05) is 0 Å². The molecule has 0 spiro atoms. The summed E-state index contributed by atoms with van der Waals surface area (Å²) in [4.78, 5) is 5.57. The lowest BCUT2D eigenvalue weighted by atomic mass is 10.3. The molecule has 0 aliphatic rings. The van der Waals surface area contributed by atoms with Crippen LogP contribution in [0.1, 0.15) is 0 Å². The summed E-state index contributed by atoms with van der Waals surface area (Å²) >= 11 is 1.50. The first kappa shape index (κ1) is 14.1. The molecule has 25 heavy (non-hydrogen) atoms. The molecule has 0 radical (unpaired) electrons. The highest BCUT2D eigenvalue weighted by Crippen LogP contribution is 2.41. The van der Waals surface area contributed by atoms with Gasteiger partial charge in [0, 0.05) is 0 Å². The van der Waals surface area contributed by atoms with E-state index in [1.165, 1.54) is 11.3 Å². The van der Waals surface area contributed by atoms with E-state index in [0.717, 1.165) is 38.1 Å². The number of aromatic nitrogens is 2. The number of hydrogen-bond donors (Lipinski definition) is 0. The molecule has 0 fully saturated rings. The molecule has 120 valence electrons. The first-order chi connectivity index (χ1) is 12.4. The summed E-state index contributed by atoms with van der Waals surface area (Å²) in [5.74, 6) is 0.747. The Bertz CT molecular complexity index is 1190. The SMILES string of the molecule is c1ccc(N=Nc2sc3nc4ccccc4n3c2-c2ccco2)cc1. The minimum atomic E-state index is 0.747. The van der Waals surface area contributed by atoms with Gasteiger partial charge in [0.15, 0.2) is 15.7 Å². The predicted molar refractivity (Wildman–Crippen MR) is 98.9 cm³/mol. The number of thiazole rings is 1. The Labute approximate surface area is 146 Å². The van der Waals surface area contributed by atoms with Gasteiger partial charge in [0.2, 0.25) is 0 Å². The van der Waals surface area contributed by atoms with Crippen LogP contribution in [0.4, 0.5) is 10.7 Å². The maximum Gasteiger partial charge on any atom is 0.197 e. The summed E-state index contributed by atoms with van der Waals surface area (Å²) in [7, 11) is 0. The van der Waals surface area contributed by atoms with Gasteiger partial charge in [-0.05, 0) is 36.4 Å². The molecule has 0 atom stereocenters. The number of imidazole rings is 1. The predicted octanol–water partition coefficient (Wildman–Crippen LogP) is 6.22. The van der Waals surface area contributed by atoms with E-state index >= 15 is 0 Å². The third-order valence-electron chi connectivity index (χ3n) is 3.91. The van der Waals surface area contributed by atoms with Crippen LogP contribution in [0, 0.1) is 0 Å². The number of fused-ring (bicyclic) bond motifs is 3. The van der Waals surface area contributed by atoms with Crippen molar-refractivity contribution in [3.63, 3.8) is 0 Å². The molecule has 3 aromatic heterocycles. The number of rotatable bonds is 3. The Kier molecular flexibility index (Phi) is 3.21. The minimum Gasteiger partial charge on any atom is -0.463 e. The average molecular weight is 344 g/mol. The van der Waals surface area contributed by atoms with E-state index in [0.29, 0.717) is 0 Å². The standard InChI is InChI=1S/C19H12N4OS/c1-2-7-13(8-3-1)21-22-18-17(16-11-6-12-24-16)23-15-10-5-4-9-14(15)20-19(23)25-18/h1-12H. The van der Waals surface area contributed by atoms with Crippen molar-refractivity contribution < 1.29 is 4.42 Å². The number of azo groups is 1. The fraction of sp³-hybridized carbons (Fsp3) is 0. The molecule has 2 aromatic carbocycles. The zero-order chi connectivity index (χ0) is 16.6. The zero-order valence-corrected chi connectivity index (χ0v) is 13.9. The zero-order valence-electron chi connectivity index (χ0n) is 13.0. The van der Waals surface area contributed by atoms with E-state index in [1.54, 1.807) is 6.26 Å². The fourth-order valence-electron chi connectivity index (χ4n) is 2.81. The molecule has 0 saturated carbocycles. The smallest absolute Gasteiger partial charge is 0.197 e. The van der Waals surface area contributed by atoms with E-state index in [2.05, 4.69) is 14.6 Å². The van der Waals surface area contributed by atoms with Crippen molar-refractivity contribution in [1.29, 1.82) is 0 Å². The molecule has 5 rings (SSSR count). The summed E-state index contributed by atoms with van der Waals surface area (Å²) in [6.45, 7) is 0. The lowest BCUT2D eigenvalue weighted by Gasteiger charge is -1.99. The third kappa shape index (κ3) is 2.35. The van der Waals surface area contributed by atoms with Crippen molar-refractivity contribution in [3.8, 4) is 11.5 Å². The average Bonchev–Trinajstić information content (AvgIpc) is 3.36. The van der Waals surface area contributed by atoms with E-state index in [-0.39, 0.29) is 0 Å². The molecule has 0 bridgehead atoms. The summed E-state index contributed by atoms with van der Waals surface area (Å²) in [6.07, 6.45) is 1.66. The van der Waals surface area contributed by atoms with Crippen molar-refractivity contribution in [2.45, 2.75) is 0 Å². The lowest BCUT2D eigenvalue weighted by molar-refractivity contribution is 0.580. The van der Waals surface area contributed by atoms with Gasteiger partial charge in [0.1, 0.15) is 5.69 Å². The fourth-order valence-corrected chi connectivity index (χ4v) is 3.78. The lowest BCUT2D eigenvalue weighted by Crippen LogP contribution is -1.84. The Hall–Kier alpha value is -3.25. The van der Waals surface area contributed by atoms with Crippen LogP contribution in [0.25, 0.3) is 27.4 Å². The van der Waals surface area contributed by atoms with Crippen molar-refractivity contribution in [1.82, 2.24) is 9.38 Å². The van der Waals surface area contributed by atoms with Crippen molar-refractivity contribution in [3.05, 3.63) is 73.0 Å². The number of para-hydroxylation sites is 2. The second-order valence-corrected chi connectivity index (χ2v) is 6.44. The van der Waals surface area contributed by atoms with Gasteiger partial charge < -0.3 is 4.42 Å². The number of benzene rings is 2. The third-order valence-corrected chi connectivity index (χ3v) is 4.84. The molecule has 0 unspecified atom stereocenters. The highest BCUT2D eigenvalue weighted by atomic mass is 32.1. The summed E-state index contributed by atoms with van der Waals surface area (Å²) in [5.41, 5.74) is 3.66. The summed E-state index contributed by atoms with van der Waals surface area (Å²) < 4.78 is 7.73. The Morgan fingerprint density at radius 1 is 0.880 bits per heavy atom. The van der Waals surface area contributed by atoms with Gasteiger partial charge in [-0.3, -0.25) is 4.40 Å². The van der Waals surface area contributed by atoms with Crippen LogP contribution < -0.4 is 0 Å². The van der Waals surface area contributed by atoms with Crippen molar-refractivity contribution in [2.24, 2.45) is 10.2 Å². The minimum absolute atomic E-state index is 0.747. The van der Waals surface area contributed by atoms with Crippen molar-refractivity contribution >= 4 is 38.0 Å². The van der Waals surface area contributed by atoms with Gasteiger partial charge >= 0.3 is 0 Å². The van der Waals surface area contributed by atoms with Crippen LogP contribution in [0.5, 0.6) is 0 Å². The van der Waals surface area contributed by atoms with Gasteiger partial charge in [0.25, 0.3) is 0 Å². The second-order valence-electron chi connectivity index (χ2n) is 5.49. The molecule has 0 aliphatic heterocycles. The van der Waals surface area contributed by atoms with Gasteiger partial charge in [-0.1, -0.05) is 41.7 Å². The van der Waals surface area contributed by atoms with Gasteiger partial charge in [0.05, 0.1) is 23.0 Å². The van der Waals surface area contributed by atoms with Crippen LogP contribution in [0.2, 0.25) is 0 Å². The van der Waals surface area contributed by atoms with Crippen LogP contribution >= 0.6 is 11.3 Å². The second kappa shape index (κ2) is 5.68. The molecular formula is C19H12N4OS. The van der Waals surface area contributed by atoms with Crippen LogP contribution in [-0.4, -0.2) is 9.38 Å². The Balaban J connectivity index is 1.76. The highest BCUT2D eigenvalue weighted by molar-refractivity contribution is 7.21. The molecule has 0 aliphatic carbocycles. The molecule has 6 heteroatoms. The number of furan rings is 1. The molecule has 3 heterocycles. The van der Waals surface area contributed by atoms with Gasteiger partial charge in [-0.2, -0.15) is 0 Å². The normalized spacial score (nSPS) is 11.8. The molecule has 5 nitrogen and oxygen atoms in total. The number of hydrogen-bond acceptors (Lipinski definition) is 5. The van der Waals surface area contributed by atoms with Crippen LogP contribution in [0.3, 0.4) is 0 Å². The van der Waals surface area contributed by atoms with Crippen LogP contribution in [-0.2, 0) is 0 Å². The maximum absolute atomic E-state index is 5.65. The molecule has 0 N–H and O–H groups in total. The van der Waals surface area contributed by atoms with Gasteiger partial charge in [-0.15, -0.1) is 10.2 Å². The number of nitrogens with zero attached hydrogens (tertiary/aromatic N) is 4. The van der Waals surface area contributed by atoms with E-state index in [1.807, 2.05) is 66.7 Å². The topological polar surface area (TPSA) is 55.2 Å². The van der Waals surface area contributed by atoms with Gasteiger partial charge in [-0.25, -0.2) is 4.98 Å². The maximum atomic E-state index is 5.65. The first-order valence-corrected chi connectivity index (χ1v) is 8.62. The molecule has 5 aromatic rings. The summed E-state index contributed by atoms with van der Waals surface area (Å²) in [5, 5.41) is 9.60. The van der Waals surface area contributed by atoms with E-state index < -0.39 is 0 Å². The van der Waals surface area contributed by atoms with E-state index in [4.69, 9.17) is 9.40 Å². The quantitative estimate of drug-likeness (QED) is 0.365. The highest BCUT2D eigenvalue weighted by Gasteiger charge is 2.20. The van der Waals surface area contributed by atoms with Crippen LogP contribution in [0.15, 0.2) is 87.6 Å². The monoisotopic (exact) mass is 344 g/mol. The Morgan fingerprint density at radius 3 is 2.56 bits per heavy atom.